The van der Waals surface area contributed by atoms with Gasteiger partial charge in [-0.25, -0.2) is 0 Å². The van der Waals surface area contributed by atoms with Gasteiger partial charge in [-0.3, -0.25) is 0 Å². The Morgan fingerprint density at radius 2 is 1.92 bits per heavy atom. The molecule has 1 aliphatic carbocycles. The third kappa shape index (κ3) is 2.96. The van der Waals surface area contributed by atoms with Crippen LogP contribution >= 0.6 is 0 Å². The SMILES string of the molecule is C1CCC(CN[C@H]2CCCOC2)C1. The Morgan fingerprint density at radius 1 is 1.08 bits per heavy atom. The van der Waals surface area contributed by atoms with Crippen LogP contribution in [-0.2, 0) is 4.74 Å². The molecule has 2 nitrogen and oxygen atoms in total. The molecule has 0 spiro atoms. The molecule has 0 radical (unpaired) electrons. The van der Waals surface area contributed by atoms with Crippen LogP contribution in [0.2, 0.25) is 0 Å². The molecule has 1 N–H and O–H groups in total. The average molecular weight is 183 g/mol. The van der Waals surface area contributed by atoms with Crippen LogP contribution in [0.25, 0.3) is 0 Å². The number of rotatable bonds is 3. The molecule has 13 heavy (non-hydrogen) atoms. The Balaban J connectivity index is 1.60. The molecule has 2 rings (SSSR count). The van der Waals surface area contributed by atoms with Crippen molar-refractivity contribution in [2.75, 3.05) is 19.8 Å². The monoisotopic (exact) mass is 183 g/mol. The summed E-state index contributed by atoms with van der Waals surface area (Å²) in [6.45, 7) is 3.14. The first-order valence-corrected chi connectivity index (χ1v) is 5.76. The first kappa shape index (κ1) is 9.47. The van der Waals surface area contributed by atoms with Crippen molar-refractivity contribution >= 4 is 0 Å². The van der Waals surface area contributed by atoms with Gasteiger partial charge in [0.05, 0.1) is 6.61 Å². The Bertz CT molecular complexity index is 137. The molecule has 0 aromatic carbocycles. The minimum atomic E-state index is 0.648. The molecule has 2 heteroatoms. The van der Waals surface area contributed by atoms with Gasteiger partial charge in [0, 0.05) is 12.6 Å². The molecule has 1 aliphatic heterocycles. The first-order chi connectivity index (χ1) is 6.45. The lowest BCUT2D eigenvalue weighted by molar-refractivity contribution is 0.0692. The Kier molecular flexibility index (Phi) is 3.62. The Morgan fingerprint density at radius 3 is 2.62 bits per heavy atom. The van der Waals surface area contributed by atoms with E-state index in [-0.39, 0.29) is 0 Å². The quantitative estimate of drug-likeness (QED) is 0.722. The van der Waals surface area contributed by atoms with E-state index in [2.05, 4.69) is 5.32 Å². The molecule has 1 atom stereocenters. The maximum absolute atomic E-state index is 5.43. The summed E-state index contributed by atoms with van der Waals surface area (Å²) in [5.41, 5.74) is 0. The smallest absolute Gasteiger partial charge is 0.0619 e. The number of nitrogens with one attached hydrogen (secondary N) is 1. The van der Waals surface area contributed by atoms with Gasteiger partial charge in [0.1, 0.15) is 0 Å². The van der Waals surface area contributed by atoms with E-state index >= 15 is 0 Å². The predicted octanol–water partition coefficient (Wildman–Crippen LogP) is 1.95. The van der Waals surface area contributed by atoms with Gasteiger partial charge in [0.2, 0.25) is 0 Å². The van der Waals surface area contributed by atoms with Crippen molar-refractivity contribution in [3.05, 3.63) is 0 Å². The summed E-state index contributed by atoms with van der Waals surface area (Å²) in [5, 5.41) is 3.64. The topological polar surface area (TPSA) is 21.3 Å². The highest BCUT2D eigenvalue weighted by molar-refractivity contribution is 4.75. The maximum atomic E-state index is 5.43. The molecule has 0 aromatic heterocycles. The van der Waals surface area contributed by atoms with E-state index in [1.54, 1.807) is 0 Å². The van der Waals surface area contributed by atoms with Crippen LogP contribution in [0.5, 0.6) is 0 Å². The zero-order chi connectivity index (χ0) is 8.93. The summed E-state index contributed by atoms with van der Waals surface area (Å²) in [7, 11) is 0. The van der Waals surface area contributed by atoms with Crippen LogP contribution in [-0.4, -0.2) is 25.8 Å². The van der Waals surface area contributed by atoms with Crippen molar-refractivity contribution in [1.82, 2.24) is 5.32 Å². The van der Waals surface area contributed by atoms with Gasteiger partial charge in [-0.05, 0) is 38.1 Å². The highest BCUT2D eigenvalue weighted by Crippen LogP contribution is 2.24. The Hall–Kier alpha value is -0.0800. The van der Waals surface area contributed by atoms with Gasteiger partial charge < -0.3 is 10.1 Å². The minimum absolute atomic E-state index is 0.648. The van der Waals surface area contributed by atoms with Crippen molar-refractivity contribution in [2.45, 2.75) is 44.6 Å². The van der Waals surface area contributed by atoms with Crippen molar-refractivity contribution in [3.63, 3.8) is 0 Å². The van der Waals surface area contributed by atoms with Crippen LogP contribution in [0.4, 0.5) is 0 Å². The zero-order valence-corrected chi connectivity index (χ0v) is 8.43. The third-order valence-corrected chi connectivity index (χ3v) is 3.33. The summed E-state index contributed by atoms with van der Waals surface area (Å²) < 4.78 is 5.43. The van der Waals surface area contributed by atoms with Gasteiger partial charge in [0.25, 0.3) is 0 Å². The molecule has 1 heterocycles. The molecular formula is C11H21NO. The molecule has 0 unspecified atom stereocenters. The van der Waals surface area contributed by atoms with E-state index < -0.39 is 0 Å². The molecule has 2 aliphatic rings. The highest BCUT2D eigenvalue weighted by atomic mass is 16.5. The molecule has 1 saturated carbocycles. The summed E-state index contributed by atoms with van der Waals surface area (Å²) in [6, 6.07) is 0.648. The number of ether oxygens (including phenoxy) is 1. The molecule has 0 bridgehead atoms. The predicted molar refractivity (Wildman–Crippen MR) is 53.8 cm³/mol. The molecule has 0 amide bonds. The average Bonchev–Trinajstić information content (AvgIpc) is 2.69. The van der Waals surface area contributed by atoms with Crippen LogP contribution < -0.4 is 5.32 Å². The normalized spacial score (nSPS) is 30.9. The van der Waals surface area contributed by atoms with E-state index in [0.29, 0.717) is 6.04 Å². The highest BCUT2D eigenvalue weighted by Gasteiger charge is 2.18. The van der Waals surface area contributed by atoms with Crippen molar-refractivity contribution < 1.29 is 4.74 Å². The van der Waals surface area contributed by atoms with Gasteiger partial charge in [-0.2, -0.15) is 0 Å². The summed E-state index contributed by atoms with van der Waals surface area (Å²) >= 11 is 0. The largest absolute Gasteiger partial charge is 0.380 e. The van der Waals surface area contributed by atoms with Crippen molar-refractivity contribution in [3.8, 4) is 0 Å². The zero-order valence-electron chi connectivity index (χ0n) is 8.43. The minimum Gasteiger partial charge on any atom is -0.380 e. The van der Waals surface area contributed by atoms with Crippen molar-refractivity contribution in [2.24, 2.45) is 5.92 Å². The van der Waals surface area contributed by atoms with E-state index in [4.69, 9.17) is 4.74 Å². The third-order valence-electron chi connectivity index (χ3n) is 3.33. The molecule has 2 fully saturated rings. The second kappa shape index (κ2) is 4.97. The lowest BCUT2D eigenvalue weighted by atomic mass is 10.1. The van der Waals surface area contributed by atoms with E-state index in [0.717, 1.165) is 19.1 Å². The van der Waals surface area contributed by atoms with Crippen LogP contribution in [0.15, 0.2) is 0 Å². The molecule has 76 valence electrons. The number of hydrogen-bond acceptors (Lipinski definition) is 2. The first-order valence-electron chi connectivity index (χ1n) is 5.76. The van der Waals surface area contributed by atoms with Crippen LogP contribution in [0.1, 0.15) is 38.5 Å². The van der Waals surface area contributed by atoms with Gasteiger partial charge in [-0.15, -0.1) is 0 Å². The fourth-order valence-corrected chi connectivity index (χ4v) is 2.45. The van der Waals surface area contributed by atoms with Gasteiger partial charge >= 0.3 is 0 Å². The second-order valence-electron chi connectivity index (χ2n) is 4.47. The van der Waals surface area contributed by atoms with Crippen LogP contribution in [0.3, 0.4) is 0 Å². The summed E-state index contributed by atoms with van der Waals surface area (Å²) in [6.07, 6.45) is 8.34. The van der Waals surface area contributed by atoms with Crippen LogP contribution in [0, 0.1) is 5.92 Å². The lowest BCUT2D eigenvalue weighted by Gasteiger charge is -2.24. The Labute approximate surface area is 81.0 Å². The van der Waals surface area contributed by atoms with Gasteiger partial charge in [0.15, 0.2) is 0 Å². The van der Waals surface area contributed by atoms with Crippen molar-refractivity contribution in [1.29, 1.82) is 0 Å². The summed E-state index contributed by atoms with van der Waals surface area (Å²) in [4.78, 5) is 0. The molecular weight excluding hydrogens is 162 g/mol. The van der Waals surface area contributed by atoms with Gasteiger partial charge in [-0.1, -0.05) is 12.8 Å². The van der Waals surface area contributed by atoms with E-state index in [1.165, 1.54) is 45.1 Å². The molecule has 1 saturated heterocycles. The maximum Gasteiger partial charge on any atom is 0.0619 e. The summed E-state index contributed by atoms with van der Waals surface area (Å²) in [5.74, 6) is 0.960. The van der Waals surface area contributed by atoms with E-state index in [1.807, 2.05) is 0 Å². The fourth-order valence-electron chi connectivity index (χ4n) is 2.45. The molecule has 0 aromatic rings. The fraction of sp³-hybridized carbons (Fsp3) is 1.00. The van der Waals surface area contributed by atoms with E-state index in [9.17, 15) is 0 Å². The standard InChI is InChI=1S/C11H21NO/c1-2-5-10(4-1)8-12-11-6-3-7-13-9-11/h10-12H,1-9H2/t11-/m0/s1. The lowest BCUT2D eigenvalue weighted by Crippen LogP contribution is -2.39. The number of hydrogen-bond donors (Lipinski definition) is 1. The second-order valence-corrected chi connectivity index (χ2v) is 4.47.